The number of hydrogen-bond acceptors (Lipinski definition) is 7. The van der Waals surface area contributed by atoms with Gasteiger partial charge in [-0.05, 0) is 112 Å². The van der Waals surface area contributed by atoms with Crippen molar-refractivity contribution in [3.63, 3.8) is 0 Å². The maximum atomic E-state index is 12.8. The molecule has 1 aromatic carbocycles. The molecule has 0 radical (unpaired) electrons. The summed E-state index contributed by atoms with van der Waals surface area (Å²) in [4.78, 5) is 56.5. The van der Waals surface area contributed by atoms with Crippen molar-refractivity contribution in [2.75, 3.05) is 26.2 Å². The smallest absolute Gasteiger partial charge is 0.253 e. The van der Waals surface area contributed by atoms with Crippen LogP contribution in [0.15, 0.2) is 29.3 Å². The van der Waals surface area contributed by atoms with Crippen molar-refractivity contribution in [2.24, 2.45) is 23.2 Å². The highest BCUT2D eigenvalue weighted by molar-refractivity contribution is 8.00. The molecule has 298 valence electrons. The number of thioether (sulfide) groups is 1. The average molecular weight is 763 g/mol. The van der Waals surface area contributed by atoms with Gasteiger partial charge in [-0.15, -0.1) is 11.8 Å². The summed E-state index contributed by atoms with van der Waals surface area (Å²) in [7, 11) is 0. The Balaban J connectivity index is 0.942. The largest absolute Gasteiger partial charge is 0.508 e. The van der Waals surface area contributed by atoms with Crippen molar-refractivity contribution >= 4 is 46.2 Å². The third kappa shape index (κ3) is 12.2. The summed E-state index contributed by atoms with van der Waals surface area (Å²) in [6.07, 6.45) is 15.1. The molecule has 0 spiro atoms. The number of nitrogens with zero attached hydrogens (tertiary/aromatic N) is 2. The lowest BCUT2D eigenvalue weighted by Gasteiger charge is -2.32. The molecule has 3 aliphatic rings. The van der Waals surface area contributed by atoms with Crippen LogP contribution in [0, 0.1) is 23.2 Å². The van der Waals surface area contributed by atoms with Crippen LogP contribution < -0.4 is 5.32 Å². The highest BCUT2D eigenvalue weighted by atomic mass is 32.2. The molecule has 2 aromatic rings. The Bertz CT molecular complexity index is 1630. The van der Waals surface area contributed by atoms with Gasteiger partial charge in [0, 0.05) is 66.2 Å². The molecular weight excluding hydrogens is 697 g/mol. The van der Waals surface area contributed by atoms with E-state index in [2.05, 4.69) is 62.8 Å². The van der Waals surface area contributed by atoms with Gasteiger partial charge in [-0.2, -0.15) is 0 Å². The topological polar surface area (TPSA) is 123 Å². The number of rotatable bonds is 17. The van der Waals surface area contributed by atoms with E-state index in [1.807, 2.05) is 17.8 Å². The van der Waals surface area contributed by atoms with Crippen LogP contribution in [0.3, 0.4) is 0 Å². The zero-order chi connectivity index (χ0) is 39.0. The third-order valence-electron chi connectivity index (χ3n) is 11.4. The number of phenols is 1. The van der Waals surface area contributed by atoms with Crippen LogP contribution in [-0.4, -0.2) is 74.3 Å². The van der Waals surface area contributed by atoms with Crippen molar-refractivity contribution in [2.45, 2.75) is 148 Å². The van der Waals surface area contributed by atoms with Crippen LogP contribution in [-0.2, 0) is 32.1 Å². The lowest BCUT2D eigenvalue weighted by molar-refractivity contribution is -0.138. The van der Waals surface area contributed by atoms with E-state index in [9.17, 15) is 24.3 Å². The third-order valence-corrected chi connectivity index (χ3v) is 12.6. The molecule has 10 heteroatoms. The van der Waals surface area contributed by atoms with Gasteiger partial charge < -0.3 is 15.4 Å². The van der Waals surface area contributed by atoms with Crippen LogP contribution in [0.1, 0.15) is 136 Å². The van der Waals surface area contributed by atoms with E-state index < -0.39 is 0 Å². The van der Waals surface area contributed by atoms with Gasteiger partial charge in [0.1, 0.15) is 11.5 Å². The standard InChI is InChI=1S/C44H66N4O5S/c1-43(2,3)27-34-33-17-18-37(50)35(41(33)46-42(34)54-44(4,5)6)29-47-25-22-30(23-26-47)21-24-45-38(51)12-10-8-7-9-11-36(49)32-15-13-31(14-16-32)28-48-39(52)19-20-40(48)53/h17-20,30-32,46,50H,7-16,21-29H2,1-6H3,(H,45,51). The molecule has 54 heavy (non-hydrogen) atoms. The number of nitrogens with one attached hydrogen (secondary N) is 2. The second-order valence-electron chi connectivity index (χ2n) is 18.4. The zero-order valence-corrected chi connectivity index (χ0v) is 34.7. The first kappa shape index (κ1) is 42.0. The number of unbranched alkanes of at least 4 members (excludes halogenated alkanes) is 3. The molecule has 0 bridgehead atoms. The first-order valence-corrected chi connectivity index (χ1v) is 21.5. The molecule has 9 nitrogen and oxygen atoms in total. The number of piperidine rings is 1. The Labute approximate surface area is 327 Å². The predicted molar refractivity (Wildman–Crippen MR) is 218 cm³/mol. The number of fused-ring (bicyclic) bond motifs is 1. The van der Waals surface area contributed by atoms with Crippen molar-refractivity contribution in [1.82, 2.24) is 20.1 Å². The number of benzene rings is 1. The van der Waals surface area contributed by atoms with Crippen LogP contribution in [0.2, 0.25) is 0 Å². The molecule has 1 saturated heterocycles. The number of ketones is 1. The van der Waals surface area contributed by atoms with E-state index in [1.54, 1.807) is 0 Å². The van der Waals surface area contributed by atoms with Crippen LogP contribution in [0.5, 0.6) is 5.75 Å². The predicted octanol–water partition coefficient (Wildman–Crippen LogP) is 8.71. The van der Waals surface area contributed by atoms with E-state index in [0.717, 1.165) is 114 Å². The van der Waals surface area contributed by atoms with Crippen LogP contribution in [0.4, 0.5) is 0 Å². The van der Waals surface area contributed by atoms with E-state index >= 15 is 0 Å². The maximum absolute atomic E-state index is 12.8. The SMILES string of the molecule is CC(C)(C)Cc1c(SC(C)(C)C)[nH]c2c(CN3CCC(CCNC(=O)CCCCCCC(=O)C4CCC(CN5C(=O)C=CC5=O)CC4)CC3)c(O)ccc12. The Kier molecular flexibility index (Phi) is 14.5. The summed E-state index contributed by atoms with van der Waals surface area (Å²) in [5.74, 6) is 1.37. The molecule has 1 aliphatic carbocycles. The average Bonchev–Trinajstić information content (AvgIpc) is 3.60. The minimum atomic E-state index is -0.223. The summed E-state index contributed by atoms with van der Waals surface area (Å²) in [5.41, 5.74) is 3.56. The molecule has 3 amide bonds. The number of H-pyrrole nitrogens is 1. The van der Waals surface area contributed by atoms with E-state index in [0.29, 0.717) is 36.8 Å². The van der Waals surface area contributed by atoms with Crippen molar-refractivity contribution in [3.05, 3.63) is 35.4 Å². The van der Waals surface area contributed by atoms with Gasteiger partial charge in [-0.3, -0.25) is 29.0 Å². The number of imide groups is 1. The molecule has 2 aliphatic heterocycles. The molecule has 3 heterocycles. The molecule has 3 N–H and O–H groups in total. The number of aromatic amines is 1. The summed E-state index contributed by atoms with van der Waals surface area (Å²) < 4.78 is 0.0740. The lowest BCUT2D eigenvalue weighted by Crippen LogP contribution is -2.36. The van der Waals surface area contributed by atoms with Gasteiger partial charge in [0.15, 0.2) is 0 Å². The number of phenolic OH excluding ortho intramolecular Hbond substituents is 1. The molecule has 1 saturated carbocycles. The molecule has 5 rings (SSSR count). The number of aromatic hydroxyl groups is 1. The second-order valence-corrected chi connectivity index (χ2v) is 20.3. The fourth-order valence-corrected chi connectivity index (χ4v) is 9.51. The second kappa shape index (κ2) is 18.7. The fraction of sp³-hybridized carbons (Fsp3) is 0.682. The summed E-state index contributed by atoms with van der Waals surface area (Å²) in [6, 6.07) is 3.96. The highest BCUT2D eigenvalue weighted by Crippen LogP contribution is 2.42. The molecule has 1 aromatic heterocycles. The molecule has 0 unspecified atom stereocenters. The quantitative estimate of drug-likeness (QED) is 0.0837. The van der Waals surface area contributed by atoms with E-state index in [1.165, 1.54) is 33.0 Å². The normalized spacial score (nSPS) is 20.4. The first-order valence-electron chi connectivity index (χ1n) is 20.7. The zero-order valence-electron chi connectivity index (χ0n) is 33.9. The van der Waals surface area contributed by atoms with E-state index in [-0.39, 0.29) is 39.7 Å². The molecular formula is C44H66N4O5S. The number of Topliss-reactive ketones (excluding diaryl/α,β-unsaturated/α-hetero) is 1. The summed E-state index contributed by atoms with van der Waals surface area (Å²) in [6.45, 7) is 17.5. The minimum absolute atomic E-state index is 0.0740. The first-order chi connectivity index (χ1) is 25.6. The minimum Gasteiger partial charge on any atom is -0.508 e. The van der Waals surface area contributed by atoms with Crippen molar-refractivity contribution in [1.29, 1.82) is 0 Å². The molecule has 2 fully saturated rings. The highest BCUT2D eigenvalue weighted by Gasteiger charge is 2.31. The van der Waals surface area contributed by atoms with Gasteiger partial charge >= 0.3 is 0 Å². The number of carbonyl (C=O) groups is 4. The lowest BCUT2D eigenvalue weighted by atomic mass is 9.79. The Morgan fingerprint density at radius 3 is 2.13 bits per heavy atom. The van der Waals surface area contributed by atoms with Gasteiger partial charge in [-0.1, -0.05) is 54.4 Å². The van der Waals surface area contributed by atoms with Gasteiger partial charge in [0.2, 0.25) is 5.91 Å². The van der Waals surface area contributed by atoms with Crippen LogP contribution in [0.25, 0.3) is 10.9 Å². The van der Waals surface area contributed by atoms with E-state index in [4.69, 9.17) is 0 Å². The Morgan fingerprint density at radius 2 is 1.50 bits per heavy atom. The van der Waals surface area contributed by atoms with Crippen molar-refractivity contribution in [3.8, 4) is 5.75 Å². The van der Waals surface area contributed by atoms with Gasteiger partial charge in [0.25, 0.3) is 11.8 Å². The van der Waals surface area contributed by atoms with Crippen molar-refractivity contribution < 1.29 is 24.3 Å². The van der Waals surface area contributed by atoms with Gasteiger partial charge in [-0.25, -0.2) is 0 Å². The number of likely N-dealkylation sites (tertiary alicyclic amines) is 1. The summed E-state index contributed by atoms with van der Waals surface area (Å²) >= 11 is 1.87. The number of hydrogen-bond donors (Lipinski definition) is 3. The Hall–Kier alpha value is -3.11. The van der Waals surface area contributed by atoms with Gasteiger partial charge in [0.05, 0.1) is 10.5 Å². The monoisotopic (exact) mass is 762 g/mol. The molecule has 0 atom stereocenters. The number of amides is 3. The summed E-state index contributed by atoms with van der Waals surface area (Å²) in [5, 5.41) is 16.6. The number of carbonyl (C=O) groups excluding carboxylic acids is 4. The maximum Gasteiger partial charge on any atom is 0.253 e. The Morgan fingerprint density at radius 1 is 0.852 bits per heavy atom. The number of aromatic nitrogens is 1. The van der Waals surface area contributed by atoms with Crippen LogP contribution >= 0.6 is 11.8 Å². The fourth-order valence-electron chi connectivity index (χ4n) is 8.44.